The molecule has 2 aromatic rings. The van der Waals surface area contributed by atoms with Crippen LogP contribution >= 0.6 is 0 Å². The van der Waals surface area contributed by atoms with E-state index >= 15 is 0 Å². The van der Waals surface area contributed by atoms with Gasteiger partial charge >= 0.3 is 6.09 Å². The van der Waals surface area contributed by atoms with Crippen LogP contribution in [0, 0.1) is 11.6 Å². The number of ether oxygens (including phenoxy) is 1. The highest BCUT2D eigenvalue weighted by Crippen LogP contribution is 2.14. The molecule has 2 aromatic carbocycles. The second-order valence-electron chi connectivity index (χ2n) is 7.63. The van der Waals surface area contributed by atoms with Crippen molar-refractivity contribution in [1.82, 2.24) is 5.32 Å². The quantitative estimate of drug-likeness (QED) is 0.753. The molecule has 28 heavy (non-hydrogen) atoms. The summed E-state index contributed by atoms with van der Waals surface area (Å²) < 4.78 is 32.2. The molecule has 6 heteroatoms. The minimum atomic E-state index is -0.945. The predicted molar refractivity (Wildman–Crippen MR) is 103 cm³/mol. The third kappa shape index (κ3) is 7.47. The van der Waals surface area contributed by atoms with Gasteiger partial charge in [-0.3, -0.25) is 4.79 Å². The van der Waals surface area contributed by atoms with Crippen LogP contribution < -0.4 is 5.32 Å². The molecule has 0 aromatic heterocycles. The van der Waals surface area contributed by atoms with Gasteiger partial charge in [0.25, 0.3) is 0 Å². The Hall–Kier alpha value is -2.76. The van der Waals surface area contributed by atoms with E-state index in [0.29, 0.717) is 6.42 Å². The minimum Gasteiger partial charge on any atom is -0.444 e. The van der Waals surface area contributed by atoms with Crippen LogP contribution in [0.25, 0.3) is 0 Å². The van der Waals surface area contributed by atoms with Crippen LogP contribution in [-0.2, 0) is 22.4 Å². The third-order valence-electron chi connectivity index (χ3n) is 3.94. The second-order valence-corrected chi connectivity index (χ2v) is 7.63. The summed E-state index contributed by atoms with van der Waals surface area (Å²) in [4.78, 5) is 24.9. The Morgan fingerprint density at radius 2 is 1.61 bits per heavy atom. The van der Waals surface area contributed by atoms with Crippen LogP contribution in [0.2, 0.25) is 0 Å². The number of carbonyl (C=O) groups is 2. The molecule has 0 aliphatic heterocycles. The fourth-order valence-electron chi connectivity index (χ4n) is 2.75. The van der Waals surface area contributed by atoms with Gasteiger partial charge in [-0.1, -0.05) is 30.3 Å². The summed E-state index contributed by atoms with van der Waals surface area (Å²) in [5.41, 5.74) is 0.544. The molecule has 2 rings (SSSR count). The SMILES string of the molecule is CC(C)(C)OC(=O)N[C@H](Cc1cc(F)cc(F)c1)C(=O)CCc1ccccc1. The fourth-order valence-corrected chi connectivity index (χ4v) is 2.75. The summed E-state index contributed by atoms with van der Waals surface area (Å²) in [5.74, 6) is -1.70. The van der Waals surface area contributed by atoms with Crippen LogP contribution in [0.3, 0.4) is 0 Å². The molecule has 0 fully saturated rings. The number of rotatable bonds is 7. The Kier molecular flexibility index (Phi) is 7.26. The first-order valence-corrected chi connectivity index (χ1v) is 9.13. The predicted octanol–water partition coefficient (Wildman–Crippen LogP) is 4.60. The average molecular weight is 389 g/mol. The molecule has 1 atom stereocenters. The van der Waals surface area contributed by atoms with E-state index in [1.165, 1.54) is 0 Å². The number of Topliss-reactive ketones (excluding diaryl/α,β-unsaturated/α-hetero) is 1. The van der Waals surface area contributed by atoms with Crippen molar-refractivity contribution in [2.24, 2.45) is 0 Å². The maximum Gasteiger partial charge on any atom is 0.408 e. The largest absolute Gasteiger partial charge is 0.444 e. The molecule has 1 N–H and O–H groups in total. The number of amides is 1. The number of alkyl carbamates (subject to hydrolysis) is 1. The second kappa shape index (κ2) is 9.44. The Bertz CT molecular complexity index is 796. The Labute approximate surface area is 163 Å². The summed E-state index contributed by atoms with van der Waals surface area (Å²) in [6.07, 6.45) is -0.0875. The maximum absolute atomic E-state index is 13.5. The van der Waals surface area contributed by atoms with E-state index in [2.05, 4.69) is 5.32 Å². The lowest BCUT2D eigenvalue weighted by Crippen LogP contribution is -2.44. The Morgan fingerprint density at radius 3 is 2.18 bits per heavy atom. The Balaban J connectivity index is 2.12. The lowest BCUT2D eigenvalue weighted by molar-refractivity contribution is -0.121. The maximum atomic E-state index is 13.5. The summed E-state index contributed by atoms with van der Waals surface area (Å²) in [5, 5.41) is 2.54. The van der Waals surface area contributed by atoms with Crippen molar-refractivity contribution in [1.29, 1.82) is 0 Å². The van der Waals surface area contributed by atoms with Gasteiger partial charge in [0.05, 0.1) is 6.04 Å². The molecule has 0 saturated carbocycles. The highest BCUT2D eigenvalue weighted by Gasteiger charge is 2.24. The summed E-state index contributed by atoms with van der Waals surface area (Å²) in [6, 6.07) is 11.6. The zero-order valence-corrected chi connectivity index (χ0v) is 16.3. The lowest BCUT2D eigenvalue weighted by atomic mass is 9.98. The van der Waals surface area contributed by atoms with Gasteiger partial charge in [-0.15, -0.1) is 0 Å². The van der Waals surface area contributed by atoms with Gasteiger partial charge in [-0.25, -0.2) is 13.6 Å². The summed E-state index contributed by atoms with van der Waals surface area (Å²) in [7, 11) is 0. The van der Waals surface area contributed by atoms with E-state index in [1.807, 2.05) is 30.3 Å². The Morgan fingerprint density at radius 1 is 1.00 bits per heavy atom. The monoisotopic (exact) mass is 389 g/mol. The van der Waals surface area contributed by atoms with Crippen LogP contribution in [-0.4, -0.2) is 23.5 Å². The molecule has 0 heterocycles. The van der Waals surface area contributed by atoms with Crippen LogP contribution in [0.5, 0.6) is 0 Å². The van der Waals surface area contributed by atoms with Gasteiger partial charge in [0.2, 0.25) is 0 Å². The van der Waals surface area contributed by atoms with Gasteiger partial charge in [-0.05, 0) is 50.5 Å². The number of carbonyl (C=O) groups excluding carboxylic acids is 2. The molecule has 0 aliphatic rings. The number of aryl methyl sites for hydroxylation is 1. The van der Waals surface area contributed by atoms with Gasteiger partial charge in [0, 0.05) is 18.9 Å². The molecule has 0 unspecified atom stereocenters. The van der Waals surface area contributed by atoms with E-state index in [4.69, 9.17) is 4.74 Å². The molecule has 1 amide bonds. The molecule has 0 bridgehead atoms. The number of ketones is 1. The van der Waals surface area contributed by atoms with Crippen LogP contribution in [0.15, 0.2) is 48.5 Å². The third-order valence-corrected chi connectivity index (χ3v) is 3.94. The van der Waals surface area contributed by atoms with Gasteiger partial charge in [0.15, 0.2) is 5.78 Å². The van der Waals surface area contributed by atoms with Gasteiger partial charge < -0.3 is 10.1 Å². The highest BCUT2D eigenvalue weighted by atomic mass is 19.1. The first-order valence-electron chi connectivity index (χ1n) is 9.13. The smallest absolute Gasteiger partial charge is 0.408 e. The summed E-state index contributed by atoms with van der Waals surface area (Å²) >= 11 is 0. The van der Waals surface area contributed by atoms with Gasteiger partial charge in [-0.2, -0.15) is 0 Å². The minimum absolute atomic E-state index is 0.0262. The standard InChI is InChI=1S/C22H25F2NO3/c1-22(2,3)28-21(27)25-19(13-16-11-17(23)14-18(24)12-16)20(26)10-9-15-7-5-4-6-8-15/h4-8,11-12,14,19H,9-10,13H2,1-3H3,(H,25,27)/t19-/m1/s1. The van der Waals surface area contributed by atoms with Gasteiger partial charge in [0.1, 0.15) is 17.2 Å². The van der Waals surface area contributed by atoms with Crippen molar-refractivity contribution >= 4 is 11.9 Å². The van der Waals surface area contributed by atoms with Crippen molar-refractivity contribution in [2.75, 3.05) is 0 Å². The molecule has 4 nitrogen and oxygen atoms in total. The molecule has 0 aliphatic carbocycles. The number of halogens is 2. The van der Waals surface area contributed by atoms with E-state index in [-0.39, 0.29) is 24.2 Å². The molecular formula is C22H25F2NO3. The molecular weight excluding hydrogens is 364 g/mol. The van der Waals surface area contributed by atoms with Crippen molar-refractivity contribution in [3.05, 3.63) is 71.3 Å². The van der Waals surface area contributed by atoms with Crippen LogP contribution in [0.4, 0.5) is 13.6 Å². The van der Waals surface area contributed by atoms with E-state index in [9.17, 15) is 18.4 Å². The molecule has 0 radical (unpaired) electrons. The average Bonchev–Trinajstić information content (AvgIpc) is 2.57. The first kappa shape index (κ1) is 21.5. The number of nitrogens with one attached hydrogen (secondary N) is 1. The van der Waals surface area contributed by atoms with Crippen LogP contribution in [0.1, 0.15) is 38.3 Å². The fraction of sp³-hybridized carbons (Fsp3) is 0.364. The molecule has 0 spiro atoms. The number of benzene rings is 2. The zero-order chi connectivity index (χ0) is 20.7. The van der Waals surface area contributed by atoms with E-state index in [0.717, 1.165) is 23.8 Å². The topological polar surface area (TPSA) is 55.4 Å². The van der Waals surface area contributed by atoms with Crippen molar-refractivity contribution in [3.8, 4) is 0 Å². The van der Waals surface area contributed by atoms with Crippen molar-refractivity contribution in [2.45, 2.75) is 51.7 Å². The summed E-state index contributed by atoms with van der Waals surface area (Å²) in [6.45, 7) is 5.13. The highest BCUT2D eigenvalue weighted by molar-refractivity contribution is 5.87. The zero-order valence-electron chi connectivity index (χ0n) is 16.3. The lowest BCUT2D eigenvalue weighted by Gasteiger charge is -2.23. The van der Waals surface area contributed by atoms with E-state index in [1.54, 1.807) is 20.8 Å². The van der Waals surface area contributed by atoms with Crippen molar-refractivity contribution in [3.63, 3.8) is 0 Å². The van der Waals surface area contributed by atoms with E-state index < -0.39 is 29.4 Å². The normalized spacial score (nSPS) is 12.3. The molecule has 150 valence electrons. The number of hydrogen-bond acceptors (Lipinski definition) is 3. The van der Waals surface area contributed by atoms with Crippen molar-refractivity contribution < 1.29 is 23.1 Å². The molecule has 0 saturated heterocycles. The number of hydrogen-bond donors (Lipinski definition) is 1. The first-order chi connectivity index (χ1) is 13.1.